The molecule has 1 unspecified atom stereocenters. The lowest BCUT2D eigenvalue weighted by Gasteiger charge is -2.34. The van der Waals surface area contributed by atoms with Crippen LogP contribution in [0.4, 0.5) is 4.39 Å². The number of piperidine rings is 1. The molecule has 0 bridgehead atoms. The Labute approximate surface area is 125 Å². The number of hydrogen-bond donors (Lipinski definition) is 1. The van der Waals surface area contributed by atoms with Crippen molar-refractivity contribution >= 4 is 5.91 Å². The highest BCUT2D eigenvalue weighted by Gasteiger charge is 2.26. The van der Waals surface area contributed by atoms with Crippen LogP contribution in [0.15, 0.2) is 24.3 Å². The third-order valence-corrected chi connectivity index (χ3v) is 4.42. The first-order valence-corrected chi connectivity index (χ1v) is 7.81. The van der Waals surface area contributed by atoms with Gasteiger partial charge in [-0.1, -0.05) is 25.1 Å². The molecule has 1 heterocycles. The van der Waals surface area contributed by atoms with Crippen LogP contribution in [-0.4, -0.2) is 35.1 Å². The molecule has 0 saturated carbocycles. The van der Waals surface area contributed by atoms with Crippen molar-refractivity contribution in [3.05, 3.63) is 35.6 Å². The Morgan fingerprint density at radius 2 is 2.05 bits per heavy atom. The molecular formula is C17H24FNO2. The molecule has 2 rings (SSSR count). The molecule has 1 saturated heterocycles. The Hall–Kier alpha value is -1.42. The van der Waals surface area contributed by atoms with E-state index in [2.05, 4.69) is 0 Å². The Balaban J connectivity index is 1.79. The van der Waals surface area contributed by atoms with E-state index in [0.29, 0.717) is 37.4 Å². The maximum atomic E-state index is 13.5. The van der Waals surface area contributed by atoms with Gasteiger partial charge in [-0.05, 0) is 43.2 Å². The largest absolute Gasteiger partial charge is 0.393 e. The topological polar surface area (TPSA) is 40.5 Å². The van der Waals surface area contributed by atoms with Crippen molar-refractivity contribution in [1.82, 2.24) is 4.90 Å². The van der Waals surface area contributed by atoms with Crippen LogP contribution in [0.5, 0.6) is 0 Å². The first kappa shape index (κ1) is 16.0. The highest BCUT2D eigenvalue weighted by molar-refractivity contribution is 5.76. The molecule has 1 fully saturated rings. The summed E-state index contributed by atoms with van der Waals surface area (Å²) < 4.78 is 13.5. The third-order valence-electron chi connectivity index (χ3n) is 4.42. The molecule has 3 nitrogen and oxygen atoms in total. The van der Waals surface area contributed by atoms with E-state index in [1.165, 1.54) is 6.07 Å². The molecule has 0 aromatic heterocycles. The molecule has 0 radical (unpaired) electrons. The standard InChI is InChI=1S/C17H24FNO2/c1-2-16(20)14-9-11-19(12-10-14)17(21)8-7-13-5-3-4-6-15(13)18/h3-6,14,16,20H,2,7-12H2,1H3. The molecule has 0 aliphatic carbocycles. The van der Waals surface area contributed by atoms with E-state index < -0.39 is 0 Å². The van der Waals surface area contributed by atoms with Gasteiger partial charge in [0.2, 0.25) is 5.91 Å². The van der Waals surface area contributed by atoms with E-state index in [0.717, 1.165) is 19.3 Å². The fourth-order valence-corrected chi connectivity index (χ4v) is 2.97. The van der Waals surface area contributed by atoms with Crippen LogP contribution in [0.2, 0.25) is 0 Å². The van der Waals surface area contributed by atoms with Gasteiger partial charge in [0, 0.05) is 19.5 Å². The van der Waals surface area contributed by atoms with Crippen molar-refractivity contribution in [2.24, 2.45) is 5.92 Å². The summed E-state index contributed by atoms with van der Waals surface area (Å²) in [6, 6.07) is 6.61. The van der Waals surface area contributed by atoms with Crippen molar-refractivity contribution in [2.45, 2.75) is 45.1 Å². The van der Waals surface area contributed by atoms with Crippen LogP contribution < -0.4 is 0 Å². The lowest BCUT2D eigenvalue weighted by atomic mass is 9.90. The van der Waals surface area contributed by atoms with Gasteiger partial charge in [-0.15, -0.1) is 0 Å². The first-order valence-electron chi connectivity index (χ1n) is 7.81. The van der Waals surface area contributed by atoms with Gasteiger partial charge in [0.25, 0.3) is 0 Å². The second-order valence-corrected chi connectivity index (χ2v) is 5.79. The maximum absolute atomic E-state index is 13.5. The Bertz CT molecular complexity index is 470. The molecule has 1 aliphatic rings. The molecule has 1 aliphatic heterocycles. The number of nitrogens with zero attached hydrogens (tertiary/aromatic N) is 1. The van der Waals surface area contributed by atoms with E-state index in [-0.39, 0.29) is 17.8 Å². The van der Waals surface area contributed by atoms with Crippen molar-refractivity contribution in [2.75, 3.05) is 13.1 Å². The van der Waals surface area contributed by atoms with Crippen molar-refractivity contribution in [3.63, 3.8) is 0 Å². The summed E-state index contributed by atoms with van der Waals surface area (Å²) in [5.41, 5.74) is 0.599. The van der Waals surface area contributed by atoms with Crippen LogP contribution in [0, 0.1) is 11.7 Å². The lowest BCUT2D eigenvalue weighted by Crippen LogP contribution is -2.41. The van der Waals surface area contributed by atoms with E-state index >= 15 is 0 Å². The highest BCUT2D eigenvalue weighted by atomic mass is 19.1. The predicted molar refractivity (Wildman–Crippen MR) is 80.3 cm³/mol. The number of likely N-dealkylation sites (tertiary alicyclic amines) is 1. The molecule has 1 atom stereocenters. The van der Waals surface area contributed by atoms with Crippen LogP contribution in [-0.2, 0) is 11.2 Å². The quantitative estimate of drug-likeness (QED) is 0.907. The van der Waals surface area contributed by atoms with Crippen molar-refractivity contribution in [1.29, 1.82) is 0 Å². The normalized spacial score (nSPS) is 17.8. The number of carbonyl (C=O) groups excluding carboxylic acids is 1. The minimum absolute atomic E-state index is 0.0858. The number of aryl methyl sites for hydroxylation is 1. The minimum Gasteiger partial charge on any atom is -0.393 e. The smallest absolute Gasteiger partial charge is 0.222 e. The van der Waals surface area contributed by atoms with Crippen LogP contribution >= 0.6 is 0 Å². The zero-order valence-electron chi connectivity index (χ0n) is 12.6. The molecule has 116 valence electrons. The van der Waals surface area contributed by atoms with Gasteiger partial charge < -0.3 is 10.0 Å². The SMILES string of the molecule is CCC(O)C1CCN(C(=O)CCc2ccccc2F)CC1. The summed E-state index contributed by atoms with van der Waals surface area (Å²) in [5.74, 6) is 0.156. The van der Waals surface area contributed by atoms with Gasteiger partial charge in [0.1, 0.15) is 5.82 Å². The summed E-state index contributed by atoms with van der Waals surface area (Å²) in [5, 5.41) is 9.85. The number of hydrogen-bond acceptors (Lipinski definition) is 2. The second kappa shape index (κ2) is 7.55. The summed E-state index contributed by atoms with van der Waals surface area (Å²) in [6.45, 7) is 3.40. The fourth-order valence-electron chi connectivity index (χ4n) is 2.97. The summed E-state index contributed by atoms with van der Waals surface area (Å²) in [4.78, 5) is 14.0. The van der Waals surface area contributed by atoms with Gasteiger partial charge >= 0.3 is 0 Å². The zero-order chi connectivity index (χ0) is 15.2. The molecule has 21 heavy (non-hydrogen) atoms. The Morgan fingerprint density at radius 1 is 1.38 bits per heavy atom. The summed E-state index contributed by atoms with van der Waals surface area (Å²) in [6.07, 6.45) is 3.04. The summed E-state index contributed by atoms with van der Waals surface area (Å²) >= 11 is 0. The third kappa shape index (κ3) is 4.27. The van der Waals surface area contributed by atoms with E-state index in [4.69, 9.17) is 0 Å². The van der Waals surface area contributed by atoms with E-state index in [1.54, 1.807) is 18.2 Å². The number of halogens is 1. The number of carbonyl (C=O) groups is 1. The lowest BCUT2D eigenvalue weighted by molar-refractivity contribution is -0.133. The van der Waals surface area contributed by atoms with Crippen LogP contribution in [0.1, 0.15) is 38.2 Å². The Kier molecular flexibility index (Phi) is 5.74. The summed E-state index contributed by atoms with van der Waals surface area (Å²) in [7, 11) is 0. The molecule has 1 aromatic rings. The van der Waals surface area contributed by atoms with Gasteiger partial charge in [-0.3, -0.25) is 4.79 Å². The van der Waals surface area contributed by atoms with Crippen molar-refractivity contribution in [3.8, 4) is 0 Å². The average Bonchev–Trinajstić information content (AvgIpc) is 2.53. The van der Waals surface area contributed by atoms with E-state index in [9.17, 15) is 14.3 Å². The minimum atomic E-state index is -0.249. The number of aliphatic hydroxyl groups excluding tert-OH is 1. The first-order chi connectivity index (χ1) is 10.1. The van der Waals surface area contributed by atoms with E-state index in [1.807, 2.05) is 11.8 Å². The van der Waals surface area contributed by atoms with Gasteiger partial charge in [-0.2, -0.15) is 0 Å². The van der Waals surface area contributed by atoms with Crippen LogP contribution in [0.3, 0.4) is 0 Å². The van der Waals surface area contributed by atoms with Gasteiger partial charge in [0.15, 0.2) is 0 Å². The predicted octanol–water partition coefficient (Wildman–Crippen LogP) is 2.77. The molecule has 1 N–H and O–H groups in total. The number of rotatable bonds is 5. The molecular weight excluding hydrogens is 269 g/mol. The van der Waals surface area contributed by atoms with Gasteiger partial charge in [0.05, 0.1) is 6.10 Å². The number of amides is 1. The monoisotopic (exact) mass is 293 g/mol. The molecule has 0 spiro atoms. The average molecular weight is 293 g/mol. The Morgan fingerprint density at radius 3 is 2.67 bits per heavy atom. The van der Waals surface area contributed by atoms with Crippen LogP contribution in [0.25, 0.3) is 0 Å². The fraction of sp³-hybridized carbons (Fsp3) is 0.588. The van der Waals surface area contributed by atoms with Gasteiger partial charge in [-0.25, -0.2) is 4.39 Å². The second-order valence-electron chi connectivity index (χ2n) is 5.79. The molecule has 1 amide bonds. The zero-order valence-corrected chi connectivity index (χ0v) is 12.6. The number of aliphatic hydroxyl groups is 1. The molecule has 4 heteroatoms. The highest BCUT2D eigenvalue weighted by Crippen LogP contribution is 2.23. The maximum Gasteiger partial charge on any atom is 0.222 e. The number of benzene rings is 1. The van der Waals surface area contributed by atoms with Crippen molar-refractivity contribution < 1.29 is 14.3 Å². The molecule has 1 aromatic carbocycles.